The molecule has 0 fully saturated rings. The van der Waals surface area contributed by atoms with Gasteiger partial charge in [0, 0.05) is 9.75 Å². The molecule has 0 aliphatic heterocycles. The number of thiophene rings is 2. The molecule has 3 rings (SSSR count). The molecule has 0 bridgehead atoms. The molecule has 0 radical (unpaired) electrons. The van der Waals surface area contributed by atoms with Crippen LogP contribution < -0.4 is 5.63 Å². The first kappa shape index (κ1) is 12.9. The van der Waals surface area contributed by atoms with E-state index in [4.69, 9.17) is 4.42 Å². The van der Waals surface area contributed by atoms with Gasteiger partial charge >= 0.3 is 5.63 Å². The Morgan fingerprint density at radius 1 is 1.00 bits per heavy atom. The van der Waals surface area contributed by atoms with Gasteiger partial charge in [0.2, 0.25) is 0 Å². The number of aryl methyl sites for hydroxylation is 2. The average Bonchev–Trinajstić information content (AvgIpc) is 2.94. The van der Waals surface area contributed by atoms with Gasteiger partial charge in [-0.2, -0.15) is 0 Å². The van der Waals surface area contributed by atoms with Crippen LogP contribution in [-0.4, -0.2) is 0 Å². The molecular weight excluding hydrogens is 276 g/mol. The molecule has 0 saturated carbocycles. The number of hydrogen-bond acceptors (Lipinski definition) is 4. The zero-order valence-electron chi connectivity index (χ0n) is 11.1. The van der Waals surface area contributed by atoms with Crippen molar-refractivity contribution in [3.8, 4) is 0 Å². The van der Waals surface area contributed by atoms with E-state index in [-0.39, 0.29) is 5.63 Å². The fraction of sp³-hybridized carbons (Fsp3) is 0.400. The van der Waals surface area contributed by atoms with Crippen LogP contribution in [0.3, 0.4) is 0 Å². The average molecular weight is 292 g/mol. The highest BCUT2D eigenvalue weighted by molar-refractivity contribution is 7.27. The summed E-state index contributed by atoms with van der Waals surface area (Å²) in [7, 11) is 0. The Bertz CT molecular complexity index is 776. The second-order valence-corrected chi connectivity index (χ2v) is 7.02. The smallest absolute Gasteiger partial charge is 0.345 e. The molecule has 3 aromatic heterocycles. The molecule has 3 heterocycles. The van der Waals surface area contributed by atoms with E-state index in [1.54, 1.807) is 22.7 Å². The van der Waals surface area contributed by atoms with Crippen LogP contribution in [-0.2, 0) is 12.8 Å². The van der Waals surface area contributed by atoms with Gasteiger partial charge in [0.25, 0.3) is 0 Å². The van der Waals surface area contributed by atoms with E-state index in [1.807, 2.05) is 12.1 Å². The molecule has 0 aromatic carbocycles. The first-order valence-corrected chi connectivity index (χ1v) is 8.34. The maximum absolute atomic E-state index is 12.0. The van der Waals surface area contributed by atoms with Crippen LogP contribution >= 0.6 is 22.7 Å². The van der Waals surface area contributed by atoms with Crippen molar-refractivity contribution in [1.82, 2.24) is 0 Å². The summed E-state index contributed by atoms with van der Waals surface area (Å²) >= 11 is 3.52. The van der Waals surface area contributed by atoms with Gasteiger partial charge in [0.1, 0.15) is 0 Å². The summed E-state index contributed by atoms with van der Waals surface area (Å²) in [6.07, 6.45) is 4.31. The van der Waals surface area contributed by atoms with E-state index in [9.17, 15) is 4.79 Å². The molecule has 0 spiro atoms. The van der Waals surface area contributed by atoms with Gasteiger partial charge in [-0.25, -0.2) is 4.79 Å². The summed E-state index contributed by atoms with van der Waals surface area (Å²) in [5, 5.41) is 0.755. The third-order valence-corrected chi connectivity index (χ3v) is 5.69. The minimum absolute atomic E-state index is 0.193. The lowest BCUT2D eigenvalue weighted by molar-refractivity contribution is 0.570. The quantitative estimate of drug-likeness (QED) is 0.679. The molecule has 0 unspecified atom stereocenters. The Morgan fingerprint density at radius 2 is 1.63 bits per heavy atom. The maximum Gasteiger partial charge on any atom is 0.345 e. The second-order valence-electron chi connectivity index (χ2n) is 4.75. The molecule has 3 aromatic rings. The van der Waals surface area contributed by atoms with Crippen molar-refractivity contribution in [2.45, 2.75) is 39.5 Å². The van der Waals surface area contributed by atoms with Crippen molar-refractivity contribution in [2.75, 3.05) is 0 Å². The predicted molar refractivity (Wildman–Crippen MR) is 83.7 cm³/mol. The Hall–Kier alpha value is -1.13. The Balaban J connectivity index is 2.27. The summed E-state index contributed by atoms with van der Waals surface area (Å²) in [6, 6.07) is 4.04. The lowest BCUT2D eigenvalue weighted by atomic mass is 10.2. The van der Waals surface area contributed by atoms with Gasteiger partial charge in [-0.3, -0.25) is 0 Å². The summed E-state index contributed by atoms with van der Waals surface area (Å²) < 4.78 is 7.71. The van der Waals surface area contributed by atoms with Crippen LogP contribution in [0.1, 0.15) is 36.4 Å². The fourth-order valence-electron chi connectivity index (χ4n) is 2.31. The molecule has 0 saturated heterocycles. The second kappa shape index (κ2) is 5.10. The number of rotatable bonds is 4. The molecule has 0 N–H and O–H groups in total. The first-order chi connectivity index (χ1) is 9.22. The SMILES string of the molecule is CCCc1cc2oc(=O)c3cc(CCC)sc3c2s1. The van der Waals surface area contributed by atoms with Gasteiger partial charge in [-0.1, -0.05) is 26.7 Å². The van der Waals surface area contributed by atoms with Crippen LogP contribution in [0.2, 0.25) is 0 Å². The van der Waals surface area contributed by atoms with Crippen molar-refractivity contribution < 1.29 is 4.42 Å². The lowest BCUT2D eigenvalue weighted by Crippen LogP contribution is -1.95. The van der Waals surface area contributed by atoms with Gasteiger partial charge in [0.15, 0.2) is 5.58 Å². The molecule has 0 aliphatic rings. The number of fused-ring (bicyclic) bond motifs is 3. The molecular formula is C15H16O2S2. The van der Waals surface area contributed by atoms with Crippen LogP contribution in [0.15, 0.2) is 21.3 Å². The van der Waals surface area contributed by atoms with E-state index >= 15 is 0 Å². The summed E-state index contributed by atoms with van der Waals surface area (Å²) in [4.78, 5) is 14.6. The van der Waals surface area contributed by atoms with Crippen LogP contribution in [0.4, 0.5) is 0 Å². The van der Waals surface area contributed by atoms with Crippen molar-refractivity contribution in [3.63, 3.8) is 0 Å². The molecule has 0 aliphatic carbocycles. The zero-order chi connectivity index (χ0) is 13.4. The van der Waals surface area contributed by atoms with Crippen LogP contribution in [0.25, 0.3) is 20.4 Å². The summed E-state index contributed by atoms with van der Waals surface area (Å²) in [5.74, 6) is 0. The van der Waals surface area contributed by atoms with E-state index in [2.05, 4.69) is 13.8 Å². The third kappa shape index (κ3) is 2.23. The standard InChI is InChI=1S/C15H16O2S2/c1-3-5-9-7-11-13(18-9)14-12(17-15(11)16)8-10(19-14)6-4-2/h7-8H,3-6H2,1-2H3. The van der Waals surface area contributed by atoms with Crippen molar-refractivity contribution in [1.29, 1.82) is 0 Å². The minimum Gasteiger partial charge on any atom is -0.421 e. The Labute approximate surface area is 119 Å². The van der Waals surface area contributed by atoms with Gasteiger partial charge in [-0.05, 0) is 25.0 Å². The highest BCUT2D eigenvalue weighted by Gasteiger charge is 2.14. The fourth-order valence-corrected chi connectivity index (χ4v) is 4.89. The van der Waals surface area contributed by atoms with E-state index in [0.717, 1.165) is 46.1 Å². The van der Waals surface area contributed by atoms with Crippen LogP contribution in [0.5, 0.6) is 0 Å². The van der Waals surface area contributed by atoms with E-state index in [1.165, 1.54) is 9.75 Å². The zero-order valence-corrected chi connectivity index (χ0v) is 12.7. The highest BCUT2D eigenvalue weighted by atomic mass is 32.1. The van der Waals surface area contributed by atoms with Gasteiger partial charge in [0.05, 0.1) is 14.8 Å². The molecule has 0 atom stereocenters. The molecule has 0 amide bonds. The molecule has 4 heteroatoms. The summed E-state index contributed by atoms with van der Waals surface area (Å²) in [5.41, 5.74) is 0.567. The first-order valence-electron chi connectivity index (χ1n) is 6.70. The third-order valence-electron chi connectivity index (χ3n) is 3.15. The molecule has 100 valence electrons. The minimum atomic E-state index is -0.193. The Kier molecular flexibility index (Phi) is 3.46. The van der Waals surface area contributed by atoms with E-state index < -0.39 is 0 Å². The lowest BCUT2D eigenvalue weighted by Gasteiger charge is -1.89. The molecule has 2 nitrogen and oxygen atoms in total. The normalized spacial score (nSPS) is 11.7. The van der Waals surface area contributed by atoms with Crippen LogP contribution in [0, 0.1) is 0 Å². The van der Waals surface area contributed by atoms with Crippen molar-refractivity contribution in [2.24, 2.45) is 0 Å². The summed E-state index contributed by atoms with van der Waals surface area (Å²) in [6.45, 7) is 4.33. The van der Waals surface area contributed by atoms with E-state index in [0.29, 0.717) is 0 Å². The predicted octanol–water partition coefficient (Wildman–Crippen LogP) is 4.97. The topological polar surface area (TPSA) is 30.2 Å². The molecule has 19 heavy (non-hydrogen) atoms. The van der Waals surface area contributed by atoms with Gasteiger partial charge < -0.3 is 4.42 Å². The largest absolute Gasteiger partial charge is 0.421 e. The Morgan fingerprint density at radius 3 is 2.32 bits per heavy atom. The van der Waals surface area contributed by atoms with Crippen molar-refractivity contribution >= 4 is 43.0 Å². The highest BCUT2D eigenvalue weighted by Crippen LogP contribution is 2.36. The maximum atomic E-state index is 12.0. The van der Waals surface area contributed by atoms with Gasteiger partial charge in [-0.15, -0.1) is 22.7 Å². The van der Waals surface area contributed by atoms with Crippen molar-refractivity contribution in [3.05, 3.63) is 32.3 Å². The monoisotopic (exact) mass is 292 g/mol. The number of hydrogen-bond donors (Lipinski definition) is 0.